The Balaban J connectivity index is 1.55. The van der Waals surface area contributed by atoms with Crippen LogP contribution in [0.15, 0.2) is 90.3 Å². The predicted molar refractivity (Wildman–Crippen MR) is 113 cm³/mol. The molecular formula is C23H20ClN2S+. The van der Waals surface area contributed by atoms with Crippen molar-refractivity contribution in [2.75, 3.05) is 0 Å². The number of aromatic nitrogens is 1. The summed E-state index contributed by atoms with van der Waals surface area (Å²) in [6.45, 7) is 0.815. The lowest BCUT2D eigenvalue weighted by Crippen LogP contribution is -2.84. The molecule has 0 bridgehead atoms. The largest absolute Gasteiger partial charge is 0.331 e. The van der Waals surface area contributed by atoms with E-state index in [-0.39, 0.29) is 6.04 Å². The molecule has 4 heteroatoms. The summed E-state index contributed by atoms with van der Waals surface area (Å²) in [6, 6.07) is 29.3. The highest BCUT2D eigenvalue weighted by molar-refractivity contribution is 7.13. The maximum atomic E-state index is 6.31. The van der Waals surface area contributed by atoms with Crippen LogP contribution in [0, 0.1) is 0 Å². The second-order valence-corrected chi connectivity index (χ2v) is 7.63. The van der Waals surface area contributed by atoms with Crippen LogP contribution in [0.3, 0.4) is 0 Å². The third-order valence-corrected chi connectivity index (χ3v) is 5.79. The van der Waals surface area contributed by atoms with E-state index in [2.05, 4.69) is 71.4 Å². The molecule has 0 amide bonds. The number of nitrogens with zero attached hydrogens (tertiary/aromatic N) is 1. The molecule has 1 heterocycles. The van der Waals surface area contributed by atoms with E-state index < -0.39 is 0 Å². The van der Waals surface area contributed by atoms with Crippen LogP contribution in [0.4, 0.5) is 0 Å². The molecule has 0 aliphatic carbocycles. The molecule has 4 aromatic rings. The molecule has 0 fully saturated rings. The van der Waals surface area contributed by atoms with Gasteiger partial charge in [0.25, 0.3) is 0 Å². The van der Waals surface area contributed by atoms with Gasteiger partial charge < -0.3 is 5.32 Å². The highest BCUT2D eigenvalue weighted by Gasteiger charge is 2.18. The number of thiazole rings is 1. The topological polar surface area (TPSA) is 29.5 Å². The van der Waals surface area contributed by atoms with E-state index in [1.54, 1.807) is 11.3 Å². The average molecular weight is 392 g/mol. The number of rotatable bonds is 6. The molecule has 0 unspecified atom stereocenters. The molecular weight excluding hydrogens is 372 g/mol. The van der Waals surface area contributed by atoms with Gasteiger partial charge >= 0.3 is 0 Å². The Morgan fingerprint density at radius 2 is 1.41 bits per heavy atom. The van der Waals surface area contributed by atoms with E-state index in [0.717, 1.165) is 27.8 Å². The number of benzene rings is 3. The smallest absolute Gasteiger partial charge is 0.138 e. The van der Waals surface area contributed by atoms with E-state index in [1.165, 1.54) is 11.1 Å². The Morgan fingerprint density at radius 1 is 0.815 bits per heavy atom. The molecule has 4 rings (SSSR count). The Labute approximate surface area is 168 Å². The van der Waals surface area contributed by atoms with E-state index in [4.69, 9.17) is 16.6 Å². The molecule has 0 saturated carbocycles. The summed E-state index contributed by atoms with van der Waals surface area (Å²) in [5.41, 5.74) is 4.67. The summed E-state index contributed by atoms with van der Waals surface area (Å²) in [4.78, 5) is 4.80. The molecule has 3 aromatic carbocycles. The molecule has 2 N–H and O–H groups in total. The lowest BCUT2D eigenvalue weighted by Gasteiger charge is -2.16. The third-order valence-electron chi connectivity index (χ3n) is 4.54. The maximum Gasteiger partial charge on any atom is 0.138 e. The molecule has 0 atom stereocenters. The van der Waals surface area contributed by atoms with Crippen molar-refractivity contribution in [1.82, 2.24) is 4.98 Å². The van der Waals surface area contributed by atoms with Crippen LogP contribution in [0.25, 0.3) is 10.6 Å². The lowest BCUT2D eigenvalue weighted by atomic mass is 9.99. The first-order valence-electron chi connectivity index (χ1n) is 8.94. The minimum absolute atomic E-state index is 0.248. The van der Waals surface area contributed by atoms with Gasteiger partial charge in [0, 0.05) is 22.1 Å². The number of nitrogens with two attached hydrogens (primary N) is 1. The van der Waals surface area contributed by atoms with Crippen molar-refractivity contribution in [3.63, 3.8) is 0 Å². The van der Waals surface area contributed by atoms with Crippen molar-refractivity contribution in [3.05, 3.63) is 112 Å². The van der Waals surface area contributed by atoms with Gasteiger partial charge in [-0.25, -0.2) is 4.98 Å². The first-order valence-corrected chi connectivity index (χ1v) is 10.2. The van der Waals surface area contributed by atoms with E-state index in [9.17, 15) is 0 Å². The van der Waals surface area contributed by atoms with Crippen LogP contribution in [0.1, 0.15) is 22.9 Å². The standard InChI is InChI=1S/C23H19ClN2S/c24-21-14-8-7-13-20(21)23-26-19(16-27-23)15-25-22(17-9-3-1-4-10-17)18-11-5-2-6-12-18/h1-14,16,22,25H,15H2/p+1. The second-order valence-electron chi connectivity index (χ2n) is 6.36. The summed E-state index contributed by atoms with van der Waals surface area (Å²) in [5, 5.41) is 6.19. The fourth-order valence-electron chi connectivity index (χ4n) is 3.18. The van der Waals surface area contributed by atoms with Gasteiger partial charge in [-0.15, -0.1) is 11.3 Å². The van der Waals surface area contributed by atoms with Gasteiger partial charge in [0.05, 0.1) is 5.02 Å². The molecule has 0 radical (unpaired) electrons. The Bertz CT molecular complexity index is 960. The second kappa shape index (κ2) is 8.49. The molecule has 0 saturated heterocycles. The van der Waals surface area contributed by atoms with Gasteiger partial charge in [0.1, 0.15) is 23.3 Å². The fraction of sp³-hybridized carbons (Fsp3) is 0.0870. The molecule has 27 heavy (non-hydrogen) atoms. The lowest BCUT2D eigenvalue weighted by molar-refractivity contribution is -0.702. The quantitative estimate of drug-likeness (QED) is 0.473. The predicted octanol–water partition coefficient (Wildman–Crippen LogP) is 5.32. The van der Waals surface area contributed by atoms with E-state index >= 15 is 0 Å². The van der Waals surface area contributed by atoms with Gasteiger partial charge in [0.2, 0.25) is 0 Å². The average Bonchev–Trinajstić information content (AvgIpc) is 3.19. The molecule has 0 spiro atoms. The highest BCUT2D eigenvalue weighted by atomic mass is 35.5. The number of hydrogen-bond donors (Lipinski definition) is 1. The molecule has 0 aliphatic rings. The zero-order valence-electron chi connectivity index (χ0n) is 14.8. The molecule has 1 aromatic heterocycles. The number of hydrogen-bond acceptors (Lipinski definition) is 2. The van der Waals surface area contributed by atoms with Gasteiger partial charge in [-0.2, -0.15) is 0 Å². The summed E-state index contributed by atoms with van der Waals surface area (Å²) in [6.07, 6.45) is 0. The first kappa shape index (κ1) is 17.9. The molecule has 134 valence electrons. The van der Waals surface area contributed by atoms with Crippen molar-refractivity contribution < 1.29 is 5.32 Å². The third kappa shape index (κ3) is 4.28. The zero-order chi connectivity index (χ0) is 18.5. The van der Waals surface area contributed by atoms with Crippen LogP contribution in [0.5, 0.6) is 0 Å². The van der Waals surface area contributed by atoms with Crippen molar-refractivity contribution in [3.8, 4) is 10.6 Å². The first-order chi connectivity index (χ1) is 13.3. The summed E-state index contributed by atoms with van der Waals surface area (Å²) in [5.74, 6) is 0. The van der Waals surface area contributed by atoms with Crippen LogP contribution >= 0.6 is 22.9 Å². The van der Waals surface area contributed by atoms with Gasteiger partial charge in [-0.1, -0.05) is 90.5 Å². The summed E-state index contributed by atoms with van der Waals surface area (Å²) < 4.78 is 0. The number of quaternary nitrogens is 1. The normalized spacial score (nSPS) is 11.0. The summed E-state index contributed by atoms with van der Waals surface area (Å²) >= 11 is 7.96. The van der Waals surface area contributed by atoms with Gasteiger partial charge in [-0.3, -0.25) is 0 Å². The highest BCUT2D eigenvalue weighted by Crippen LogP contribution is 2.30. The zero-order valence-corrected chi connectivity index (χ0v) is 16.3. The van der Waals surface area contributed by atoms with E-state index in [0.29, 0.717) is 0 Å². The van der Waals surface area contributed by atoms with Crippen molar-refractivity contribution in [2.24, 2.45) is 0 Å². The van der Waals surface area contributed by atoms with Crippen molar-refractivity contribution in [1.29, 1.82) is 0 Å². The van der Waals surface area contributed by atoms with Crippen LogP contribution in [-0.2, 0) is 6.54 Å². The maximum absolute atomic E-state index is 6.31. The Morgan fingerprint density at radius 3 is 2.04 bits per heavy atom. The van der Waals surface area contributed by atoms with Crippen LogP contribution < -0.4 is 5.32 Å². The van der Waals surface area contributed by atoms with Gasteiger partial charge in [0.15, 0.2) is 0 Å². The van der Waals surface area contributed by atoms with Crippen LogP contribution in [-0.4, -0.2) is 4.98 Å². The van der Waals surface area contributed by atoms with Crippen molar-refractivity contribution in [2.45, 2.75) is 12.6 Å². The monoisotopic (exact) mass is 391 g/mol. The number of halogens is 1. The molecule has 0 aliphatic heterocycles. The van der Waals surface area contributed by atoms with E-state index in [1.807, 2.05) is 24.3 Å². The molecule has 2 nitrogen and oxygen atoms in total. The Kier molecular flexibility index (Phi) is 5.64. The van der Waals surface area contributed by atoms with Gasteiger partial charge in [-0.05, 0) is 6.07 Å². The summed E-state index contributed by atoms with van der Waals surface area (Å²) in [7, 11) is 0. The minimum atomic E-state index is 0.248. The SMILES string of the molecule is Clc1ccccc1-c1nc(C[NH2+]C(c2ccccc2)c2ccccc2)cs1. The van der Waals surface area contributed by atoms with Crippen LogP contribution in [0.2, 0.25) is 5.02 Å². The minimum Gasteiger partial charge on any atom is -0.331 e. The van der Waals surface area contributed by atoms with Crippen molar-refractivity contribution >= 4 is 22.9 Å². The fourth-order valence-corrected chi connectivity index (χ4v) is 4.34. The Hall–Kier alpha value is -2.46.